The molecule has 0 aromatic carbocycles. The summed E-state index contributed by atoms with van der Waals surface area (Å²) in [7, 11) is 1.28. The van der Waals surface area contributed by atoms with Crippen LogP contribution in [0.15, 0.2) is 0 Å². The Morgan fingerprint density at radius 1 is 1.50 bits per heavy atom. The predicted molar refractivity (Wildman–Crippen MR) is 56.7 cm³/mol. The van der Waals surface area contributed by atoms with Crippen LogP contribution in [0.1, 0.15) is 25.7 Å². The number of hydrogen-bond acceptors (Lipinski definition) is 3. The van der Waals surface area contributed by atoms with E-state index in [0.717, 1.165) is 12.8 Å². The van der Waals surface area contributed by atoms with Gasteiger partial charge in [0.1, 0.15) is 0 Å². The van der Waals surface area contributed by atoms with Crippen LogP contribution < -0.4 is 5.32 Å². The van der Waals surface area contributed by atoms with Crippen molar-refractivity contribution in [2.75, 3.05) is 13.7 Å². The van der Waals surface area contributed by atoms with Crippen LogP contribution in [-0.4, -0.2) is 30.0 Å². The molecule has 5 heteroatoms. The lowest BCUT2D eigenvalue weighted by molar-refractivity contribution is -0.141. The number of hydrogen-bond donors (Lipinski definition) is 1. The zero-order valence-corrected chi connectivity index (χ0v) is 9.70. The van der Waals surface area contributed by atoms with Gasteiger partial charge in [-0.3, -0.25) is 0 Å². The van der Waals surface area contributed by atoms with E-state index >= 15 is 0 Å². The second-order valence-electron chi connectivity index (χ2n) is 3.56. The Labute approximate surface area is 94.1 Å². The van der Waals surface area contributed by atoms with E-state index in [4.69, 9.17) is 23.2 Å². The molecular formula is C9H15Cl2NO2. The number of esters is 1. The summed E-state index contributed by atoms with van der Waals surface area (Å²) in [4.78, 5) is 11.1. The Kier molecular flexibility index (Phi) is 4.48. The topological polar surface area (TPSA) is 38.3 Å². The summed E-state index contributed by atoms with van der Waals surface area (Å²) in [5.41, 5.74) is 0. The van der Waals surface area contributed by atoms with Crippen molar-refractivity contribution < 1.29 is 9.53 Å². The van der Waals surface area contributed by atoms with E-state index in [9.17, 15) is 4.79 Å². The van der Waals surface area contributed by atoms with Crippen molar-refractivity contribution in [3.63, 3.8) is 0 Å². The minimum Gasteiger partial charge on any atom is -0.467 e. The molecule has 0 aliphatic heterocycles. The average Bonchev–Trinajstić information content (AvgIpc) is 2.66. The molecule has 0 atom stereocenters. The lowest BCUT2D eigenvalue weighted by Gasteiger charge is -2.20. The highest BCUT2D eigenvalue weighted by molar-refractivity contribution is 6.57. The van der Waals surface area contributed by atoms with Crippen LogP contribution in [0.25, 0.3) is 0 Å². The van der Waals surface area contributed by atoms with E-state index in [1.165, 1.54) is 20.0 Å². The maximum atomic E-state index is 11.1. The standard InChI is InChI=1S/C9H15Cl2NO2/c1-14-8(13)9(10,11)6-12-7-4-2-3-5-7/h7,12H,2-6H2,1H3. The van der Waals surface area contributed by atoms with E-state index in [0.29, 0.717) is 6.04 Å². The monoisotopic (exact) mass is 239 g/mol. The van der Waals surface area contributed by atoms with E-state index in [2.05, 4.69) is 10.1 Å². The molecular weight excluding hydrogens is 225 g/mol. The third kappa shape index (κ3) is 3.30. The summed E-state index contributed by atoms with van der Waals surface area (Å²) in [6.45, 7) is 0.244. The minimum atomic E-state index is -1.46. The summed E-state index contributed by atoms with van der Waals surface area (Å²) in [6, 6.07) is 0.441. The van der Waals surface area contributed by atoms with Crippen LogP contribution in [0.5, 0.6) is 0 Å². The minimum absolute atomic E-state index is 0.244. The summed E-state index contributed by atoms with van der Waals surface area (Å²) in [5.74, 6) is -0.605. The fourth-order valence-electron chi connectivity index (χ4n) is 1.62. The van der Waals surface area contributed by atoms with Crippen LogP contribution in [0, 0.1) is 0 Å². The number of rotatable bonds is 4. The highest BCUT2D eigenvalue weighted by Crippen LogP contribution is 2.24. The van der Waals surface area contributed by atoms with Gasteiger partial charge in [0.2, 0.25) is 4.33 Å². The van der Waals surface area contributed by atoms with Crippen LogP contribution in [0.2, 0.25) is 0 Å². The second-order valence-corrected chi connectivity index (χ2v) is 5.04. The number of carbonyl (C=O) groups is 1. The van der Waals surface area contributed by atoms with Gasteiger partial charge < -0.3 is 10.1 Å². The molecule has 1 fully saturated rings. The first-order chi connectivity index (χ1) is 6.56. The van der Waals surface area contributed by atoms with E-state index < -0.39 is 10.3 Å². The number of alkyl halides is 2. The van der Waals surface area contributed by atoms with Crippen molar-refractivity contribution in [2.24, 2.45) is 0 Å². The molecule has 0 heterocycles. The molecule has 82 valence electrons. The molecule has 3 nitrogen and oxygen atoms in total. The number of carbonyl (C=O) groups excluding carboxylic acids is 1. The first-order valence-corrected chi connectivity index (χ1v) is 5.51. The van der Waals surface area contributed by atoms with Gasteiger partial charge in [0.05, 0.1) is 7.11 Å². The number of methoxy groups -OCH3 is 1. The molecule has 0 unspecified atom stereocenters. The molecule has 0 spiro atoms. The van der Waals surface area contributed by atoms with Gasteiger partial charge in [-0.2, -0.15) is 0 Å². The second kappa shape index (κ2) is 5.19. The molecule has 1 N–H and O–H groups in total. The van der Waals surface area contributed by atoms with E-state index in [-0.39, 0.29) is 6.54 Å². The third-order valence-electron chi connectivity index (χ3n) is 2.45. The summed E-state index contributed by atoms with van der Waals surface area (Å²) in [5, 5.41) is 3.17. The van der Waals surface area contributed by atoms with Crippen molar-refractivity contribution in [1.82, 2.24) is 5.32 Å². The van der Waals surface area contributed by atoms with Gasteiger partial charge in [0, 0.05) is 12.6 Å². The molecule has 0 aromatic heterocycles. The predicted octanol–water partition coefficient (Wildman–Crippen LogP) is 1.87. The van der Waals surface area contributed by atoms with Gasteiger partial charge in [0.15, 0.2) is 0 Å². The van der Waals surface area contributed by atoms with Crippen LogP contribution in [0.4, 0.5) is 0 Å². The maximum Gasteiger partial charge on any atom is 0.343 e. The zero-order valence-electron chi connectivity index (χ0n) is 8.19. The van der Waals surface area contributed by atoms with Crippen molar-refractivity contribution in [3.05, 3.63) is 0 Å². The van der Waals surface area contributed by atoms with Gasteiger partial charge in [0.25, 0.3) is 0 Å². The molecule has 1 saturated carbocycles. The Morgan fingerprint density at radius 3 is 2.57 bits per heavy atom. The van der Waals surface area contributed by atoms with Crippen molar-refractivity contribution in [2.45, 2.75) is 36.1 Å². The fraction of sp³-hybridized carbons (Fsp3) is 0.889. The highest BCUT2D eigenvalue weighted by Gasteiger charge is 2.35. The lowest BCUT2D eigenvalue weighted by atomic mass is 10.2. The molecule has 0 aromatic rings. The normalized spacial score (nSPS) is 18.5. The van der Waals surface area contributed by atoms with Crippen molar-refractivity contribution >= 4 is 29.2 Å². The molecule has 1 rings (SSSR count). The lowest BCUT2D eigenvalue weighted by Crippen LogP contribution is -2.42. The van der Waals surface area contributed by atoms with Crippen molar-refractivity contribution in [1.29, 1.82) is 0 Å². The first kappa shape index (κ1) is 12.1. The molecule has 1 aliphatic rings. The van der Waals surface area contributed by atoms with Gasteiger partial charge >= 0.3 is 5.97 Å². The molecule has 0 saturated heterocycles. The fourth-order valence-corrected chi connectivity index (χ4v) is 1.93. The van der Waals surface area contributed by atoms with E-state index in [1.807, 2.05) is 0 Å². The Bertz CT molecular complexity index is 203. The first-order valence-electron chi connectivity index (χ1n) is 4.76. The molecule has 14 heavy (non-hydrogen) atoms. The van der Waals surface area contributed by atoms with Crippen LogP contribution in [0.3, 0.4) is 0 Å². The largest absolute Gasteiger partial charge is 0.467 e. The van der Waals surface area contributed by atoms with E-state index in [1.54, 1.807) is 0 Å². The number of halogens is 2. The Hall–Kier alpha value is 0.01000. The molecule has 0 bridgehead atoms. The van der Waals surface area contributed by atoms with Crippen LogP contribution >= 0.6 is 23.2 Å². The zero-order chi connectivity index (χ0) is 10.6. The molecule has 0 amide bonds. The number of ether oxygens (including phenoxy) is 1. The van der Waals surface area contributed by atoms with Gasteiger partial charge in [-0.05, 0) is 12.8 Å². The van der Waals surface area contributed by atoms with Gasteiger partial charge in [-0.1, -0.05) is 36.0 Å². The van der Waals surface area contributed by atoms with Crippen LogP contribution in [-0.2, 0) is 9.53 Å². The molecule has 0 radical (unpaired) electrons. The number of nitrogens with one attached hydrogen (secondary N) is 1. The summed E-state index contributed by atoms with van der Waals surface area (Å²) in [6.07, 6.45) is 4.72. The molecule has 1 aliphatic carbocycles. The maximum absolute atomic E-state index is 11.1. The highest BCUT2D eigenvalue weighted by atomic mass is 35.5. The smallest absolute Gasteiger partial charge is 0.343 e. The quantitative estimate of drug-likeness (QED) is 0.602. The SMILES string of the molecule is COC(=O)C(Cl)(Cl)CNC1CCCC1. The van der Waals surface area contributed by atoms with Crippen molar-refractivity contribution in [3.8, 4) is 0 Å². The summed E-state index contributed by atoms with van der Waals surface area (Å²) >= 11 is 11.6. The summed E-state index contributed by atoms with van der Waals surface area (Å²) < 4.78 is 3.03. The third-order valence-corrected chi connectivity index (χ3v) is 3.03. The average molecular weight is 240 g/mol. The Balaban J connectivity index is 2.31. The Morgan fingerprint density at radius 2 is 2.07 bits per heavy atom. The van der Waals surface area contributed by atoms with Gasteiger partial charge in [-0.15, -0.1) is 0 Å². The van der Waals surface area contributed by atoms with Gasteiger partial charge in [-0.25, -0.2) is 4.79 Å².